The van der Waals surface area contributed by atoms with Crippen molar-refractivity contribution in [3.05, 3.63) is 35.4 Å². The van der Waals surface area contributed by atoms with Gasteiger partial charge >= 0.3 is 0 Å². The molecule has 1 atom stereocenters. The molecule has 0 aliphatic carbocycles. The molecule has 1 unspecified atom stereocenters. The first-order valence-electron chi connectivity index (χ1n) is 7.45. The maximum absolute atomic E-state index is 13.7. The van der Waals surface area contributed by atoms with Crippen molar-refractivity contribution < 1.29 is 8.78 Å². The first-order chi connectivity index (χ1) is 9.56. The van der Waals surface area contributed by atoms with Gasteiger partial charge in [0, 0.05) is 24.7 Å². The van der Waals surface area contributed by atoms with Crippen LogP contribution in [0.2, 0.25) is 0 Å². The van der Waals surface area contributed by atoms with Crippen LogP contribution in [-0.4, -0.2) is 30.6 Å². The van der Waals surface area contributed by atoms with Crippen LogP contribution in [0.25, 0.3) is 0 Å². The fourth-order valence-corrected chi connectivity index (χ4v) is 2.76. The lowest BCUT2D eigenvalue weighted by molar-refractivity contribution is 0.234. The molecule has 1 aliphatic heterocycles. The molecule has 0 amide bonds. The summed E-state index contributed by atoms with van der Waals surface area (Å²) in [6, 6.07) is 4.13. The molecule has 1 saturated heterocycles. The summed E-state index contributed by atoms with van der Waals surface area (Å²) in [6.07, 6.45) is 2.26. The molecule has 112 valence electrons. The number of nitrogens with one attached hydrogen (secondary N) is 1. The van der Waals surface area contributed by atoms with Gasteiger partial charge in [-0.25, -0.2) is 8.78 Å². The van der Waals surface area contributed by atoms with Crippen molar-refractivity contribution in [1.29, 1.82) is 0 Å². The molecule has 20 heavy (non-hydrogen) atoms. The van der Waals surface area contributed by atoms with Crippen LogP contribution in [0.5, 0.6) is 0 Å². The van der Waals surface area contributed by atoms with Gasteiger partial charge in [0.1, 0.15) is 11.6 Å². The van der Waals surface area contributed by atoms with Crippen molar-refractivity contribution >= 4 is 0 Å². The van der Waals surface area contributed by atoms with Gasteiger partial charge in [-0.05, 0) is 50.0 Å². The Morgan fingerprint density at radius 2 is 2.15 bits per heavy atom. The van der Waals surface area contributed by atoms with Crippen LogP contribution in [0.4, 0.5) is 8.78 Å². The van der Waals surface area contributed by atoms with Crippen molar-refractivity contribution in [2.45, 2.75) is 39.3 Å². The molecule has 1 aromatic rings. The molecule has 1 aromatic carbocycles. The fourth-order valence-electron chi connectivity index (χ4n) is 2.76. The number of hydrogen-bond acceptors (Lipinski definition) is 2. The van der Waals surface area contributed by atoms with E-state index >= 15 is 0 Å². The van der Waals surface area contributed by atoms with Crippen LogP contribution < -0.4 is 5.32 Å². The average Bonchev–Trinajstić information content (AvgIpc) is 2.81. The fraction of sp³-hybridized carbons (Fsp3) is 0.625. The van der Waals surface area contributed by atoms with Gasteiger partial charge in [0.05, 0.1) is 0 Å². The molecule has 2 rings (SSSR count). The number of halogens is 2. The zero-order valence-corrected chi connectivity index (χ0v) is 12.3. The zero-order chi connectivity index (χ0) is 14.5. The van der Waals surface area contributed by atoms with Gasteiger partial charge in [0.2, 0.25) is 0 Å². The molecular formula is C16H24F2N2. The van der Waals surface area contributed by atoms with E-state index in [-0.39, 0.29) is 11.6 Å². The summed E-state index contributed by atoms with van der Waals surface area (Å²) in [7, 11) is 0. The van der Waals surface area contributed by atoms with Crippen molar-refractivity contribution in [1.82, 2.24) is 10.2 Å². The summed E-state index contributed by atoms with van der Waals surface area (Å²) >= 11 is 0. The number of nitrogens with zero attached hydrogens (tertiary/aromatic N) is 1. The summed E-state index contributed by atoms with van der Waals surface area (Å²) in [5.74, 6) is -0.0483. The molecular weight excluding hydrogens is 258 g/mol. The van der Waals surface area contributed by atoms with Crippen LogP contribution >= 0.6 is 0 Å². The molecule has 0 saturated carbocycles. The minimum absolute atomic E-state index is 0.313. The third-order valence-corrected chi connectivity index (χ3v) is 3.81. The standard InChI is InChI=1S/C16H24F2N2/c1-12(2)9-19-10-15-4-3-7-20(15)11-13-8-14(17)5-6-16(13)18/h5-6,8,12,15,19H,3-4,7,9-11H2,1-2H3. The predicted molar refractivity (Wildman–Crippen MR) is 77.5 cm³/mol. The molecule has 1 fully saturated rings. The Morgan fingerprint density at radius 3 is 2.90 bits per heavy atom. The second kappa shape index (κ2) is 7.14. The van der Waals surface area contributed by atoms with E-state index in [9.17, 15) is 8.78 Å². The lowest BCUT2D eigenvalue weighted by Gasteiger charge is -2.25. The van der Waals surface area contributed by atoms with Crippen LogP contribution in [0.1, 0.15) is 32.3 Å². The summed E-state index contributed by atoms with van der Waals surface area (Å²) in [5.41, 5.74) is 0.459. The topological polar surface area (TPSA) is 15.3 Å². The molecule has 0 bridgehead atoms. The smallest absolute Gasteiger partial charge is 0.127 e. The van der Waals surface area contributed by atoms with Crippen molar-refractivity contribution in [3.63, 3.8) is 0 Å². The number of likely N-dealkylation sites (tertiary alicyclic amines) is 1. The Balaban J connectivity index is 1.92. The molecule has 1 heterocycles. The van der Waals surface area contributed by atoms with Crippen molar-refractivity contribution in [2.24, 2.45) is 5.92 Å². The minimum Gasteiger partial charge on any atom is -0.315 e. The van der Waals surface area contributed by atoms with E-state index in [1.165, 1.54) is 18.2 Å². The van der Waals surface area contributed by atoms with Crippen LogP contribution in [0, 0.1) is 17.6 Å². The SMILES string of the molecule is CC(C)CNCC1CCCN1Cc1cc(F)ccc1F. The maximum atomic E-state index is 13.7. The van der Waals surface area contributed by atoms with Crippen LogP contribution in [0.3, 0.4) is 0 Å². The third kappa shape index (κ3) is 4.25. The summed E-state index contributed by atoms with van der Waals surface area (Å²) in [6.45, 7) is 7.75. The number of benzene rings is 1. The summed E-state index contributed by atoms with van der Waals surface area (Å²) in [4.78, 5) is 2.26. The van der Waals surface area contributed by atoms with Gasteiger partial charge < -0.3 is 5.32 Å². The van der Waals surface area contributed by atoms with E-state index in [0.717, 1.165) is 32.5 Å². The normalized spacial score (nSPS) is 19.9. The second-order valence-corrected chi connectivity index (χ2v) is 6.05. The van der Waals surface area contributed by atoms with Gasteiger partial charge in [-0.15, -0.1) is 0 Å². The van der Waals surface area contributed by atoms with Crippen LogP contribution in [0.15, 0.2) is 18.2 Å². The Hall–Kier alpha value is -1.00. The summed E-state index contributed by atoms with van der Waals surface area (Å²) < 4.78 is 26.9. The zero-order valence-electron chi connectivity index (χ0n) is 12.3. The first kappa shape index (κ1) is 15.4. The highest BCUT2D eigenvalue weighted by molar-refractivity contribution is 5.19. The van der Waals surface area contributed by atoms with E-state index in [4.69, 9.17) is 0 Å². The molecule has 1 N–H and O–H groups in total. The number of rotatable bonds is 6. The quantitative estimate of drug-likeness (QED) is 0.862. The second-order valence-electron chi connectivity index (χ2n) is 6.05. The van der Waals surface area contributed by atoms with Gasteiger partial charge in [0.15, 0.2) is 0 Å². The summed E-state index contributed by atoms with van der Waals surface area (Å²) in [5, 5.41) is 3.46. The molecule has 1 aliphatic rings. The van der Waals surface area contributed by atoms with Crippen LogP contribution in [-0.2, 0) is 6.54 Å². The number of hydrogen-bond donors (Lipinski definition) is 1. The Morgan fingerprint density at radius 1 is 1.35 bits per heavy atom. The molecule has 0 radical (unpaired) electrons. The lowest BCUT2D eigenvalue weighted by atomic mass is 10.1. The maximum Gasteiger partial charge on any atom is 0.127 e. The monoisotopic (exact) mass is 282 g/mol. The first-order valence-corrected chi connectivity index (χ1v) is 7.45. The Bertz CT molecular complexity index is 434. The van der Waals surface area contributed by atoms with E-state index in [2.05, 4.69) is 24.1 Å². The van der Waals surface area contributed by atoms with Gasteiger partial charge in [0.25, 0.3) is 0 Å². The average molecular weight is 282 g/mol. The van der Waals surface area contributed by atoms with Crippen molar-refractivity contribution in [2.75, 3.05) is 19.6 Å². The molecule has 0 aromatic heterocycles. The largest absolute Gasteiger partial charge is 0.315 e. The minimum atomic E-state index is -0.366. The Kier molecular flexibility index (Phi) is 5.49. The highest BCUT2D eigenvalue weighted by Gasteiger charge is 2.25. The van der Waals surface area contributed by atoms with Gasteiger partial charge in [-0.2, -0.15) is 0 Å². The highest BCUT2D eigenvalue weighted by Crippen LogP contribution is 2.21. The Labute approximate surface area is 120 Å². The molecule has 0 spiro atoms. The third-order valence-electron chi connectivity index (χ3n) is 3.81. The lowest BCUT2D eigenvalue weighted by Crippen LogP contribution is -2.38. The predicted octanol–water partition coefficient (Wildman–Crippen LogP) is 3.17. The van der Waals surface area contributed by atoms with E-state index in [1.807, 2.05) is 0 Å². The van der Waals surface area contributed by atoms with E-state index < -0.39 is 0 Å². The van der Waals surface area contributed by atoms with Crippen molar-refractivity contribution in [3.8, 4) is 0 Å². The van der Waals surface area contributed by atoms with Gasteiger partial charge in [-0.3, -0.25) is 4.90 Å². The van der Waals surface area contributed by atoms with Gasteiger partial charge in [-0.1, -0.05) is 13.8 Å². The highest BCUT2D eigenvalue weighted by atomic mass is 19.1. The van der Waals surface area contributed by atoms with E-state index in [1.54, 1.807) is 0 Å². The van der Waals surface area contributed by atoms with E-state index in [0.29, 0.717) is 24.1 Å². The molecule has 4 heteroatoms. The molecule has 2 nitrogen and oxygen atoms in total.